The van der Waals surface area contributed by atoms with Crippen LogP contribution in [0.3, 0.4) is 0 Å². The lowest BCUT2D eigenvalue weighted by atomic mass is 9.99. The molecule has 0 saturated carbocycles. The SMILES string of the molecule is COCCNCCNC(=O)c1ccccc1Cc1ccccc1.Cl. The van der Waals surface area contributed by atoms with Gasteiger partial charge in [0.05, 0.1) is 6.61 Å². The number of hydrogen-bond acceptors (Lipinski definition) is 3. The minimum atomic E-state index is -0.0231. The van der Waals surface area contributed by atoms with Crippen LogP contribution in [0.2, 0.25) is 0 Å². The molecule has 1 amide bonds. The van der Waals surface area contributed by atoms with Gasteiger partial charge in [0.25, 0.3) is 5.91 Å². The molecule has 130 valence electrons. The van der Waals surface area contributed by atoms with E-state index in [0.29, 0.717) is 13.2 Å². The Bertz CT molecular complexity index is 605. The Morgan fingerprint density at radius 2 is 1.67 bits per heavy atom. The van der Waals surface area contributed by atoms with E-state index >= 15 is 0 Å². The zero-order valence-electron chi connectivity index (χ0n) is 14.0. The smallest absolute Gasteiger partial charge is 0.251 e. The lowest BCUT2D eigenvalue weighted by Gasteiger charge is -2.11. The number of benzene rings is 2. The third kappa shape index (κ3) is 6.71. The van der Waals surface area contributed by atoms with E-state index in [1.54, 1.807) is 7.11 Å². The Balaban J connectivity index is 0.00000288. The molecule has 0 aliphatic heterocycles. The quantitative estimate of drug-likeness (QED) is 0.685. The van der Waals surface area contributed by atoms with E-state index in [0.717, 1.165) is 30.6 Å². The van der Waals surface area contributed by atoms with Gasteiger partial charge in [-0.15, -0.1) is 12.4 Å². The summed E-state index contributed by atoms with van der Waals surface area (Å²) in [7, 11) is 1.67. The second-order valence-corrected chi connectivity index (χ2v) is 5.32. The molecule has 0 bridgehead atoms. The standard InChI is InChI=1S/C19H24N2O2.ClH/c1-23-14-13-20-11-12-21-19(22)18-10-6-5-9-17(18)15-16-7-3-2-4-8-16;/h2-10,20H,11-15H2,1H3,(H,21,22);1H. The van der Waals surface area contributed by atoms with E-state index in [9.17, 15) is 4.79 Å². The van der Waals surface area contributed by atoms with Crippen LogP contribution in [0.25, 0.3) is 0 Å². The second kappa shape index (κ2) is 11.6. The van der Waals surface area contributed by atoms with Gasteiger partial charge in [-0.25, -0.2) is 0 Å². The maximum absolute atomic E-state index is 12.4. The van der Waals surface area contributed by atoms with E-state index < -0.39 is 0 Å². The lowest BCUT2D eigenvalue weighted by molar-refractivity contribution is 0.0953. The first-order valence-corrected chi connectivity index (χ1v) is 7.91. The van der Waals surface area contributed by atoms with Gasteiger partial charge in [-0.3, -0.25) is 4.79 Å². The summed E-state index contributed by atoms with van der Waals surface area (Å²) in [4.78, 5) is 12.4. The molecule has 2 aromatic carbocycles. The van der Waals surface area contributed by atoms with Crippen LogP contribution in [0, 0.1) is 0 Å². The van der Waals surface area contributed by atoms with Gasteiger partial charge in [0.1, 0.15) is 0 Å². The molecular weight excluding hydrogens is 324 g/mol. The van der Waals surface area contributed by atoms with Gasteiger partial charge < -0.3 is 15.4 Å². The first-order chi connectivity index (χ1) is 11.3. The monoisotopic (exact) mass is 348 g/mol. The first kappa shape index (κ1) is 20.2. The van der Waals surface area contributed by atoms with Crippen molar-refractivity contribution in [3.8, 4) is 0 Å². The molecule has 0 unspecified atom stereocenters. The summed E-state index contributed by atoms with van der Waals surface area (Å²) in [5, 5.41) is 6.17. The van der Waals surface area contributed by atoms with Crippen LogP contribution in [0.1, 0.15) is 21.5 Å². The number of rotatable bonds is 9. The molecule has 4 nitrogen and oxygen atoms in total. The minimum absolute atomic E-state index is 0. The fraction of sp³-hybridized carbons (Fsp3) is 0.316. The van der Waals surface area contributed by atoms with Crippen molar-refractivity contribution in [3.63, 3.8) is 0 Å². The van der Waals surface area contributed by atoms with Gasteiger partial charge in [-0.1, -0.05) is 48.5 Å². The highest BCUT2D eigenvalue weighted by Gasteiger charge is 2.10. The second-order valence-electron chi connectivity index (χ2n) is 5.32. The van der Waals surface area contributed by atoms with Crippen LogP contribution in [0.5, 0.6) is 0 Å². The highest BCUT2D eigenvalue weighted by Crippen LogP contribution is 2.14. The molecule has 2 aromatic rings. The fourth-order valence-electron chi connectivity index (χ4n) is 2.37. The molecule has 2 N–H and O–H groups in total. The van der Waals surface area contributed by atoms with Crippen LogP contribution in [0.15, 0.2) is 54.6 Å². The molecule has 5 heteroatoms. The summed E-state index contributed by atoms with van der Waals surface area (Å²) in [6.45, 7) is 2.79. The zero-order valence-corrected chi connectivity index (χ0v) is 14.8. The van der Waals surface area contributed by atoms with Crippen LogP contribution in [-0.2, 0) is 11.2 Å². The van der Waals surface area contributed by atoms with Crippen LogP contribution in [-0.4, -0.2) is 39.3 Å². The van der Waals surface area contributed by atoms with E-state index in [1.165, 1.54) is 5.56 Å². The zero-order chi connectivity index (χ0) is 16.3. The molecule has 0 heterocycles. The van der Waals surface area contributed by atoms with Gasteiger partial charge in [0, 0.05) is 32.3 Å². The predicted octanol–water partition coefficient (Wildman–Crippen LogP) is 2.67. The topological polar surface area (TPSA) is 50.4 Å². The van der Waals surface area contributed by atoms with Crippen molar-refractivity contribution in [2.75, 3.05) is 33.4 Å². The number of amides is 1. The maximum atomic E-state index is 12.4. The Labute approximate surface area is 150 Å². The van der Waals surface area contributed by atoms with Crippen molar-refractivity contribution in [1.82, 2.24) is 10.6 Å². The summed E-state index contributed by atoms with van der Waals surface area (Å²) in [5.74, 6) is -0.0231. The number of ether oxygens (including phenoxy) is 1. The lowest BCUT2D eigenvalue weighted by Crippen LogP contribution is -2.33. The molecule has 0 fully saturated rings. The minimum Gasteiger partial charge on any atom is -0.383 e. The number of carbonyl (C=O) groups excluding carboxylic acids is 1. The summed E-state index contributed by atoms with van der Waals surface area (Å²) >= 11 is 0. The number of hydrogen-bond donors (Lipinski definition) is 2. The maximum Gasteiger partial charge on any atom is 0.251 e. The number of carbonyl (C=O) groups is 1. The van der Waals surface area contributed by atoms with E-state index in [4.69, 9.17) is 4.74 Å². The Kier molecular flexibility index (Phi) is 9.77. The molecule has 24 heavy (non-hydrogen) atoms. The molecular formula is C19H25ClN2O2. The molecule has 0 aliphatic rings. The number of methoxy groups -OCH3 is 1. The van der Waals surface area contributed by atoms with E-state index in [2.05, 4.69) is 22.8 Å². The van der Waals surface area contributed by atoms with E-state index in [1.807, 2.05) is 42.5 Å². The predicted molar refractivity (Wildman–Crippen MR) is 100 cm³/mol. The number of halogens is 1. The average Bonchev–Trinajstić information content (AvgIpc) is 2.59. The Hall–Kier alpha value is -1.88. The summed E-state index contributed by atoms with van der Waals surface area (Å²) in [5.41, 5.74) is 2.99. The number of nitrogens with one attached hydrogen (secondary N) is 2. The fourth-order valence-corrected chi connectivity index (χ4v) is 2.37. The molecule has 0 spiro atoms. The van der Waals surface area contributed by atoms with Crippen molar-refractivity contribution in [3.05, 3.63) is 71.3 Å². The molecule has 0 aliphatic carbocycles. The van der Waals surface area contributed by atoms with Crippen LogP contribution >= 0.6 is 12.4 Å². The van der Waals surface area contributed by atoms with Crippen molar-refractivity contribution in [1.29, 1.82) is 0 Å². The normalized spacial score (nSPS) is 10.0. The van der Waals surface area contributed by atoms with Gasteiger partial charge in [-0.2, -0.15) is 0 Å². The summed E-state index contributed by atoms with van der Waals surface area (Å²) in [6.07, 6.45) is 0.760. The average molecular weight is 349 g/mol. The van der Waals surface area contributed by atoms with Crippen molar-refractivity contribution in [2.24, 2.45) is 0 Å². The molecule has 2 rings (SSSR count). The highest BCUT2D eigenvalue weighted by atomic mass is 35.5. The van der Waals surface area contributed by atoms with Crippen molar-refractivity contribution < 1.29 is 9.53 Å². The van der Waals surface area contributed by atoms with Gasteiger partial charge in [-0.05, 0) is 23.6 Å². The molecule has 0 atom stereocenters. The first-order valence-electron chi connectivity index (χ1n) is 7.91. The Morgan fingerprint density at radius 3 is 2.42 bits per heavy atom. The van der Waals surface area contributed by atoms with Crippen molar-refractivity contribution >= 4 is 18.3 Å². The Morgan fingerprint density at radius 1 is 0.958 bits per heavy atom. The molecule has 0 saturated heterocycles. The van der Waals surface area contributed by atoms with Crippen LogP contribution < -0.4 is 10.6 Å². The third-order valence-corrected chi connectivity index (χ3v) is 3.57. The largest absolute Gasteiger partial charge is 0.383 e. The van der Waals surface area contributed by atoms with Gasteiger partial charge >= 0.3 is 0 Å². The van der Waals surface area contributed by atoms with Crippen molar-refractivity contribution in [2.45, 2.75) is 6.42 Å². The molecule has 0 radical (unpaired) electrons. The molecule has 0 aromatic heterocycles. The third-order valence-electron chi connectivity index (χ3n) is 3.57. The summed E-state index contributed by atoms with van der Waals surface area (Å²) in [6, 6.07) is 18.0. The van der Waals surface area contributed by atoms with Crippen LogP contribution in [0.4, 0.5) is 0 Å². The summed E-state index contributed by atoms with van der Waals surface area (Å²) < 4.78 is 4.96. The van der Waals surface area contributed by atoms with Gasteiger partial charge in [0.2, 0.25) is 0 Å². The van der Waals surface area contributed by atoms with E-state index in [-0.39, 0.29) is 18.3 Å². The highest BCUT2D eigenvalue weighted by molar-refractivity contribution is 5.95. The van der Waals surface area contributed by atoms with Gasteiger partial charge in [0.15, 0.2) is 0 Å².